The Labute approximate surface area is 230 Å². The van der Waals surface area contributed by atoms with E-state index < -0.39 is 34.4 Å². The lowest BCUT2D eigenvalue weighted by Gasteiger charge is -2.19. The van der Waals surface area contributed by atoms with Crippen molar-refractivity contribution in [2.24, 2.45) is 7.05 Å². The third-order valence-corrected chi connectivity index (χ3v) is 5.97. The SMILES string of the molecule is Cn1cc(C(=O)Nc2ccc(OC3=CC(c4c[nH]cn4)=CN/C3=C\C=N)c(F)c2)c(=O)n(-c2ccc(F)cc2)c1=O. The van der Waals surface area contributed by atoms with Gasteiger partial charge >= 0.3 is 5.69 Å². The van der Waals surface area contributed by atoms with E-state index in [1.54, 1.807) is 18.5 Å². The van der Waals surface area contributed by atoms with Crippen LogP contribution in [0.2, 0.25) is 0 Å². The van der Waals surface area contributed by atoms with Gasteiger partial charge in [-0.05, 0) is 48.6 Å². The number of H-pyrrole nitrogens is 1. The number of nitrogens with zero attached hydrogens (tertiary/aromatic N) is 3. The molecule has 1 amide bonds. The van der Waals surface area contributed by atoms with Crippen LogP contribution in [-0.4, -0.2) is 31.2 Å². The first-order chi connectivity index (χ1) is 19.7. The standard InChI is InChI=1S/C28H21F2N7O4/c1-36-14-20(27(39)37(28(36)40)19-5-2-17(29)3-6-19)26(38)35-18-4-7-24(21(30)11-18)41-25-10-16(23-13-32-15-34-23)12-33-22(25)8-9-31/h2-15,31,33H,1H3,(H,32,34)(H,35,38)/b22-8-,31-9?. The highest BCUT2D eigenvalue weighted by molar-refractivity contribution is 6.03. The second-order valence-electron chi connectivity index (χ2n) is 8.71. The summed E-state index contributed by atoms with van der Waals surface area (Å²) in [4.78, 5) is 45.7. The minimum Gasteiger partial charge on any atom is -0.452 e. The first-order valence-electron chi connectivity index (χ1n) is 12.0. The molecule has 0 saturated carbocycles. The zero-order chi connectivity index (χ0) is 29.1. The van der Waals surface area contributed by atoms with E-state index in [4.69, 9.17) is 10.1 Å². The first kappa shape index (κ1) is 26.7. The van der Waals surface area contributed by atoms with Gasteiger partial charge in [-0.1, -0.05) is 0 Å². The molecule has 0 aliphatic carbocycles. The van der Waals surface area contributed by atoms with Gasteiger partial charge in [0.25, 0.3) is 11.5 Å². The van der Waals surface area contributed by atoms with E-state index in [1.807, 2.05) is 0 Å². The van der Waals surface area contributed by atoms with Crippen molar-refractivity contribution in [3.63, 3.8) is 0 Å². The molecule has 2 aromatic carbocycles. The van der Waals surface area contributed by atoms with E-state index in [0.717, 1.165) is 39.7 Å². The average molecular weight is 558 g/mol. The molecule has 0 fully saturated rings. The number of carbonyl (C=O) groups is 1. The van der Waals surface area contributed by atoms with Crippen molar-refractivity contribution in [2.75, 3.05) is 5.32 Å². The summed E-state index contributed by atoms with van der Waals surface area (Å²) < 4.78 is 36.0. The van der Waals surface area contributed by atoms with Crippen LogP contribution in [0, 0.1) is 17.0 Å². The fourth-order valence-corrected chi connectivity index (χ4v) is 3.97. The summed E-state index contributed by atoms with van der Waals surface area (Å²) in [5, 5.41) is 12.8. The van der Waals surface area contributed by atoms with Crippen molar-refractivity contribution in [2.45, 2.75) is 0 Å². The largest absolute Gasteiger partial charge is 0.452 e. The van der Waals surface area contributed by atoms with Crippen molar-refractivity contribution in [3.05, 3.63) is 135 Å². The van der Waals surface area contributed by atoms with E-state index in [-0.39, 0.29) is 22.9 Å². The fourth-order valence-electron chi connectivity index (χ4n) is 3.97. The Kier molecular flexibility index (Phi) is 7.24. The van der Waals surface area contributed by atoms with Crippen LogP contribution in [0.1, 0.15) is 16.1 Å². The average Bonchev–Trinajstić information content (AvgIpc) is 3.49. The molecule has 2 aromatic heterocycles. The van der Waals surface area contributed by atoms with Crippen molar-refractivity contribution in [1.82, 2.24) is 24.4 Å². The molecule has 1 aliphatic heterocycles. The molecule has 3 heterocycles. The van der Waals surface area contributed by atoms with Crippen LogP contribution in [0.4, 0.5) is 14.5 Å². The van der Waals surface area contributed by atoms with Gasteiger partial charge in [0.1, 0.15) is 11.4 Å². The summed E-state index contributed by atoms with van der Waals surface area (Å²) in [5.74, 6) is -2.22. The molecule has 0 saturated heterocycles. The number of halogens is 2. The number of benzene rings is 2. The predicted octanol–water partition coefficient (Wildman–Crippen LogP) is 3.23. The minimum absolute atomic E-state index is 0.0181. The quantitative estimate of drug-likeness (QED) is 0.257. The highest BCUT2D eigenvalue weighted by atomic mass is 19.1. The summed E-state index contributed by atoms with van der Waals surface area (Å²) >= 11 is 0. The van der Waals surface area contributed by atoms with Gasteiger partial charge in [0.15, 0.2) is 17.3 Å². The van der Waals surface area contributed by atoms with Crippen LogP contribution < -0.4 is 26.6 Å². The summed E-state index contributed by atoms with van der Waals surface area (Å²) in [6, 6.07) is 8.31. The molecular weight excluding hydrogens is 536 g/mol. The van der Waals surface area contributed by atoms with Gasteiger partial charge in [-0.3, -0.25) is 9.59 Å². The molecule has 11 nitrogen and oxygen atoms in total. The summed E-state index contributed by atoms with van der Waals surface area (Å²) in [5.41, 5.74) is -0.298. The van der Waals surface area contributed by atoms with E-state index in [1.165, 1.54) is 43.7 Å². The molecule has 1 aliphatic rings. The van der Waals surface area contributed by atoms with Crippen LogP contribution in [0.25, 0.3) is 11.3 Å². The Morgan fingerprint density at radius 1 is 1.15 bits per heavy atom. The van der Waals surface area contributed by atoms with Crippen molar-refractivity contribution in [3.8, 4) is 11.4 Å². The molecule has 0 atom stereocenters. The lowest BCUT2D eigenvalue weighted by Crippen LogP contribution is -2.41. The molecule has 0 unspecified atom stereocenters. The number of imidazole rings is 1. The number of dihydropyridines is 1. The number of nitrogens with one attached hydrogen (secondary N) is 4. The molecule has 0 spiro atoms. The second kappa shape index (κ2) is 11.1. The van der Waals surface area contributed by atoms with Gasteiger partial charge in [0, 0.05) is 49.2 Å². The van der Waals surface area contributed by atoms with E-state index in [0.29, 0.717) is 17.0 Å². The fraction of sp³-hybridized carbons (Fsp3) is 0.0357. The monoisotopic (exact) mass is 557 g/mol. The smallest absolute Gasteiger partial charge is 0.335 e. The zero-order valence-corrected chi connectivity index (χ0v) is 21.3. The number of aromatic amines is 1. The number of hydrogen-bond donors (Lipinski definition) is 4. The molecule has 206 valence electrons. The molecule has 13 heteroatoms. The van der Waals surface area contributed by atoms with Gasteiger partial charge in [0.05, 0.1) is 23.4 Å². The number of anilines is 1. The maximum atomic E-state index is 15.1. The number of aromatic nitrogens is 4. The molecule has 4 N–H and O–H groups in total. The van der Waals surface area contributed by atoms with Gasteiger partial charge in [0.2, 0.25) is 0 Å². The van der Waals surface area contributed by atoms with E-state index >= 15 is 4.39 Å². The number of allylic oxidation sites excluding steroid dienone is 3. The van der Waals surface area contributed by atoms with Crippen LogP contribution >= 0.6 is 0 Å². The van der Waals surface area contributed by atoms with E-state index in [2.05, 4.69) is 20.6 Å². The Morgan fingerprint density at radius 3 is 2.61 bits per heavy atom. The minimum atomic E-state index is -0.930. The number of aryl methyl sites for hydroxylation is 1. The normalized spacial score (nSPS) is 13.7. The Balaban J connectivity index is 1.40. The number of rotatable bonds is 7. The van der Waals surface area contributed by atoms with Gasteiger partial charge in [-0.15, -0.1) is 0 Å². The Hall–Kier alpha value is -5.85. The molecule has 41 heavy (non-hydrogen) atoms. The molecular formula is C28H21F2N7O4. The zero-order valence-electron chi connectivity index (χ0n) is 21.3. The van der Waals surface area contributed by atoms with Crippen molar-refractivity contribution < 1.29 is 18.3 Å². The predicted molar refractivity (Wildman–Crippen MR) is 147 cm³/mol. The Morgan fingerprint density at radius 2 is 1.93 bits per heavy atom. The number of hydrogen-bond acceptors (Lipinski definition) is 7. The third kappa shape index (κ3) is 5.49. The van der Waals surface area contributed by atoms with Crippen LogP contribution in [-0.2, 0) is 7.05 Å². The van der Waals surface area contributed by atoms with Gasteiger partial charge in [-0.2, -0.15) is 0 Å². The molecule has 4 aromatic rings. The van der Waals surface area contributed by atoms with Gasteiger partial charge in [-0.25, -0.2) is 23.1 Å². The van der Waals surface area contributed by atoms with Crippen molar-refractivity contribution in [1.29, 1.82) is 5.41 Å². The third-order valence-electron chi connectivity index (χ3n) is 5.97. The summed E-state index contributed by atoms with van der Waals surface area (Å²) in [6.45, 7) is 0. The van der Waals surface area contributed by atoms with Crippen LogP contribution in [0.15, 0.2) is 101 Å². The molecule has 5 rings (SSSR count). The highest BCUT2D eigenvalue weighted by Gasteiger charge is 2.20. The highest BCUT2D eigenvalue weighted by Crippen LogP contribution is 2.28. The van der Waals surface area contributed by atoms with Gasteiger partial charge < -0.3 is 30.3 Å². The van der Waals surface area contributed by atoms with Crippen molar-refractivity contribution >= 4 is 23.4 Å². The topological polar surface area (TPSA) is 147 Å². The maximum Gasteiger partial charge on any atom is 0.335 e. The summed E-state index contributed by atoms with van der Waals surface area (Å²) in [6.07, 6.45) is 10.0. The Bertz CT molecular complexity index is 1870. The van der Waals surface area contributed by atoms with Crippen LogP contribution in [0.5, 0.6) is 5.75 Å². The van der Waals surface area contributed by atoms with Crippen LogP contribution in [0.3, 0.4) is 0 Å². The summed E-state index contributed by atoms with van der Waals surface area (Å²) in [7, 11) is 1.35. The first-order valence-corrected chi connectivity index (χ1v) is 12.0. The second-order valence-corrected chi connectivity index (χ2v) is 8.71. The lowest BCUT2D eigenvalue weighted by molar-refractivity contribution is 0.102. The lowest BCUT2D eigenvalue weighted by atomic mass is 10.1. The number of carbonyl (C=O) groups excluding carboxylic acids is 1. The number of amides is 1. The number of ether oxygens (including phenoxy) is 1. The maximum absolute atomic E-state index is 15.1. The van der Waals surface area contributed by atoms with E-state index in [9.17, 15) is 18.8 Å². The molecule has 0 radical (unpaired) electrons. The molecule has 0 bridgehead atoms.